The molecule has 3 rings (SSSR count). The van der Waals surface area contributed by atoms with Crippen molar-refractivity contribution >= 4 is 11.8 Å². The lowest BCUT2D eigenvalue weighted by atomic mass is 10.1. The summed E-state index contributed by atoms with van der Waals surface area (Å²) in [4.78, 5) is 8.69. The van der Waals surface area contributed by atoms with E-state index in [0.29, 0.717) is 18.3 Å². The molecular weight excluding hydrogens is 288 g/mol. The van der Waals surface area contributed by atoms with Crippen LogP contribution < -0.4 is 10.6 Å². The summed E-state index contributed by atoms with van der Waals surface area (Å²) in [5.74, 6) is 1.15. The Hall–Kier alpha value is -3.02. The van der Waals surface area contributed by atoms with Gasteiger partial charge in [-0.3, -0.25) is 4.98 Å². The van der Waals surface area contributed by atoms with Crippen molar-refractivity contribution in [3.8, 4) is 0 Å². The quantitative estimate of drug-likeness (QED) is 0.729. The maximum atomic E-state index is 4.43. The Morgan fingerprint density at radius 2 is 1.87 bits per heavy atom. The highest BCUT2D eigenvalue weighted by atomic mass is 15.3. The summed E-state index contributed by atoms with van der Waals surface area (Å²) in [6.45, 7) is 2.65. The van der Waals surface area contributed by atoms with Crippen LogP contribution in [0.4, 0.5) is 11.8 Å². The Kier molecular flexibility index (Phi) is 4.73. The first kappa shape index (κ1) is 14.9. The minimum Gasteiger partial charge on any atom is -0.363 e. The van der Waals surface area contributed by atoms with E-state index in [-0.39, 0.29) is 6.04 Å². The first-order valence-electron chi connectivity index (χ1n) is 7.46. The third-order valence-corrected chi connectivity index (χ3v) is 3.38. The third-order valence-electron chi connectivity index (χ3n) is 3.38. The van der Waals surface area contributed by atoms with Gasteiger partial charge in [0.1, 0.15) is 0 Å². The van der Waals surface area contributed by atoms with E-state index < -0.39 is 0 Å². The van der Waals surface area contributed by atoms with Crippen molar-refractivity contribution in [2.24, 2.45) is 0 Å². The molecule has 0 saturated heterocycles. The van der Waals surface area contributed by atoms with Crippen molar-refractivity contribution in [3.05, 3.63) is 72.2 Å². The standard InChI is InChI=1S/C17H18N6/c1-13(14-7-3-2-4-8-14)21-17-22-16(12-20-23-17)19-11-15-9-5-6-10-18-15/h2-10,12-13H,11H2,1H3,(H2,19,21,22,23). The van der Waals surface area contributed by atoms with E-state index in [2.05, 4.69) is 49.9 Å². The first-order chi connectivity index (χ1) is 11.3. The van der Waals surface area contributed by atoms with Crippen LogP contribution in [0.2, 0.25) is 0 Å². The van der Waals surface area contributed by atoms with Gasteiger partial charge in [0, 0.05) is 6.20 Å². The fourth-order valence-electron chi connectivity index (χ4n) is 2.15. The van der Waals surface area contributed by atoms with Crippen molar-refractivity contribution in [2.45, 2.75) is 19.5 Å². The molecule has 0 aliphatic carbocycles. The Labute approximate surface area is 135 Å². The van der Waals surface area contributed by atoms with Crippen LogP contribution in [0.25, 0.3) is 0 Å². The average Bonchev–Trinajstić information content (AvgIpc) is 2.62. The van der Waals surface area contributed by atoms with Gasteiger partial charge in [0.2, 0.25) is 5.95 Å². The van der Waals surface area contributed by atoms with Crippen molar-refractivity contribution in [2.75, 3.05) is 10.6 Å². The molecule has 0 fully saturated rings. The Bertz CT molecular complexity index is 732. The highest BCUT2D eigenvalue weighted by molar-refractivity contribution is 5.39. The topological polar surface area (TPSA) is 75.6 Å². The van der Waals surface area contributed by atoms with Crippen LogP contribution in [0, 0.1) is 0 Å². The molecule has 23 heavy (non-hydrogen) atoms. The Morgan fingerprint density at radius 1 is 1.04 bits per heavy atom. The minimum absolute atomic E-state index is 0.101. The molecule has 1 atom stereocenters. The zero-order valence-electron chi connectivity index (χ0n) is 12.8. The summed E-state index contributed by atoms with van der Waals surface area (Å²) in [6.07, 6.45) is 3.37. The number of aromatic nitrogens is 4. The fourth-order valence-corrected chi connectivity index (χ4v) is 2.15. The number of benzene rings is 1. The monoisotopic (exact) mass is 306 g/mol. The summed E-state index contributed by atoms with van der Waals surface area (Å²) in [6, 6.07) is 16.1. The molecule has 0 radical (unpaired) electrons. The molecule has 1 aromatic carbocycles. The molecule has 2 N–H and O–H groups in total. The van der Waals surface area contributed by atoms with Crippen molar-refractivity contribution < 1.29 is 0 Å². The number of hydrogen-bond donors (Lipinski definition) is 2. The van der Waals surface area contributed by atoms with Crippen LogP contribution in [0.15, 0.2) is 60.9 Å². The maximum Gasteiger partial charge on any atom is 0.245 e. The van der Waals surface area contributed by atoms with Crippen LogP contribution in [-0.2, 0) is 6.54 Å². The van der Waals surface area contributed by atoms with Crippen molar-refractivity contribution in [1.82, 2.24) is 20.2 Å². The summed E-state index contributed by atoms with van der Waals surface area (Å²) in [5.41, 5.74) is 2.11. The molecule has 2 aromatic heterocycles. The summed E-state index contributed by atoms with van der Waals surface area (Å²) >= 11 is 0. The van der Waals surface area contributed by atoms with Gasteiger partial charge in [-0.1, -0.05) is 36.4 Å². The number of rotatable bonds is 6. The van der Waals surface area contributed by atoms with E-state index in [1.807, 2.05) is 36.4 Å². The predicted octanol–water partition coefficient (Wildman–Crippen LogP) is 3.05. The molecule has 1 unspecified atom stereocenters. The predicted molar refractivity (Wildman–Crippen MR) is 89.9 cm³/mol. The SMILES string of the molecule is CC(Nc1nncc(NCc2ccccn2)n1)c1ccccc1. The second kappa shape index (κ2) is 7.31. The van der Waals surface area contributed by atoms with Crippen LogP contribution in [-0.4, -0.2) is 20.2 Å². The molecular formula is C17H18N6. The molecule has 3 aromatic rings. The van der Waals surface area contributed by atoms with E-state index >= 15 is 0 Å². The van der Waals surface area contributed by atoms with Crippen LogP contribution in [0.1, 0.15) is 24.2 Å². The lowest BCUT2D eigenvalue weighted by Crippen LogP contribution is -2.11. The van der Waals surface area contributed by atoms with E-state index in [1.54, 1.807) is 12.4 Å². The number of nitrogens with one attached hydrogen (secondary N) is 2. The number of hydrogen-bond acceptors (Lipinski definition) is 6. The largest absolute Gasteiger partial charge is 0.363 e. The summed E-state index contributed by atoms with van der Waals surface area (Å²) < 4.78 is 0. The van der Waals surface area contributed by atoms with Crippen LogP contribution >= 0.6 is 0 Å². The highest BCUT2D eigenvalue weighted by Gasteiger charge is 2.07. The molecule has 116 valence electrons. The van der Waals surface area contributed by atoms with Crippen molar-refractivity contribution in [1.29, 1.82) is 0 Å². The molecule has 2 heterocycles. The molecule has 0 aliphatic heterocycles. The van der Waals surface area contributed by atoms with Gasteiger partial charge >= 0.3 is 0 Å². The highest BCUT2D eigenvalue weighted by Crippen LogP contribution is 2.16. The molecule has 6 nitrogen and oxygen atoms in total. The third kappa shape index (κ3) is 4.23. The molecule has 0 spiro atoms. The van der Waals surface area contributed by atoms with E-state index in [9.17, 15) is 0 Å². The average molecular weight is 306 g/mol. The van der Waals surface area contributed by atoms with Crippen LogP contribution in [0.3, 0.4) is 0 Å². The molecule has 0 saturated carbocycles. The van der Waals surface area contributed by atoms with Gasteiger partial charge in [0.25, 0.3) is 0 Å². The molecule has 0 amide bonds. The second-order valence-corrected chi connectivity index (χ2v) is 5.12. The fraction of sp³-hybridized carbons (Fsp3) is 0.176. The van der Waals surface area contributed by atoms with Gasteiger partial charge in [-0.2, -0.15) is 10.1 Å². The lowest BCUT2D eigenvalue weighted by Gasteiger charge is -2.14. The second-order valence-electron chi connectivity index (χ2n) is 5.12. The number of nitrogens with zero attached hydrogens (tertiary/aromatic N) is 4. The first-order valence-corrected chi connectivity index (χ1v) is 7.46. The van der Waals surface area contributed by atoms with Gasteiger partial charge in [-0.15, -0.1) is 5.10 Å². The Balaban J connectivity index is 1.63. The maximum absolute atomic E-state index is 4.43. The van der Waals surface area contributed by atoms with Gasteiger partial charge < -0.3 is 10.6 Å². The van der Waals surface area contributed by atoms with Crippen molar-refractivity contribution in [3.63, 3.8) is 0 Å². The van der Waals surface area contributed by atoms with Crippen LogP contribution in [0.5, 0.6) is 0 Å². The zero-order valence-corrected chi connectivity index (χ0v) is 12.8. The van der Waals surface area contributed by atoms with E-state index in [0.717, 1.165) is 5.69 Å². The van der Waals surface area contributed by atoms with Gasteiger partial charge in [-0.05, 0) is 24.6 Å². The summed E-state index contributed by atoms with van der Waals surface area (Å²) in [5, 5.41) is 14.5. The normalized spacial score (nSPS) is 11.7. The van der Waals surface area contributed by atoms with Gasteiger partial charge in [-0.25, -0.2) is 0 Å². The van der Waals surface area contributed by atoms with E-state index in [1.165, 1.54) is 5.56 Å². The molecule has 0 bridgehead atoms. The number of anilines is 2. The minimum atomic E-state index is 0.101. The van der Waals surface area contributed by atoms with E-state index in [4.69, 9.17) is 0 Å². The van der Waals surface area contributed by atoms with Gasteiger partial charge in [0.15, 0.2) is 5.82 Å². The Morgan fingerprint density at radius 3 is 2.65 bits per heavy atom. The molecule has 6 heteroatoms. The lowest BCUT2D eigenvalue weighted by molar-refractivity contribution is 0.838. The molecule has 0 aliphatic rings. The number of pyridine rings is 1. The van der Waals surface area contributed by atoms with Gasteiger partial charge in [0.05, 0.1) is 24.5 Å². The summed E-state index contributed by atoms with van der Waals surface area (Å²) in [7, 11) is 0. The smallest absolute Gasteiger partial charge is 0.245 e. The zero-order chi connectivity index (χ0) is 15.9.